The van der Waals surface area contributed by atoms with Crippen LogP contribution >= 0.6 is 0 Å². The van der Waals surface area contributed by atoms with Gasteiger partial charge in [-0.25, -0.2) is 4.79 Å². The van der Waals surface area contributed by atoms with E-state index in [1.165, 1.54) is 0 Å². The van der Waals surface area contributed by atoms with Crippen molar-refractivity contribution in [1.29, 1.82) is 0 Å². The van der Waals surface area contributed by atoms with Crippen LogP contribution in [0.5, 0.6) is 0 Å². The molecule has 1 amide bonds. The van der Waals surface area contributed by atoms with Gasteiger partial charge in [0.2, 0.25) is 0 Å². The number of ether oxygens (including phenoxy) is 2. The molecule has 0 aromatic rings. The second-order valence-corrected chi connectivity index (χ2v) is 5.58. The Labute approximate surface area is 91.5 Å². The first-order valence-corrected chi connectivity index (χ1v) is 5.23. The van der Waals surface area contributed by atoms with E-state index in [9.17, 15) is 4.79 Å². The smallest absolute Gasteiger partial charge is 0.410 e. The Hall–Kier alpha value is -0.770. The van der Waals surface area contributed by atoms with Crippen molar-refractivity contribution in [1.82, 2.24) is 4.90 Å². The van der Waals surface area contributed by atoms with Gasteiger partial charge in [-0.05, 0) is 20.8 Å². The van der Waals surface area contributed by atoms with E-state index in [1.54, 1.807) is 12.0 Å². The average molecular weight is 215 g/mol. The minimum absolute atomic E-state index is 0.103. The number of amides is 1. The van der Waals surface area contributed by atoms with Crippen molar-refractivity contribution in [3.8, 4) is 0 Å². The summed E-state index contributed by atoms with van der Waals surface area (Å²) in [5.74, 6) is 0. The highest BCUT2D eigenvalue weighted by Gasteiger charge is 2.42. The van der Waals surface area contributed by atoms with Crippen LogP contribution in [-0.2, 0) is 9.47 Å². The van der Waals surface area contributed by atoms with Crippen LogP contribution in [0.3, 0.4) is 0 Å². The van der Waals surface area contributed by atoms with Crippen molar-refractivity contribution in [2.24, 2.45) is 5.41 Å². The molecule has 0 aliphatic carbocycles. The molecule has 0 spiro atoms. The summed E-state index contributed by atoms with van der Waals surface area (Å²) in [5.41, 5.74) is -0.310. The fourth-order valence-corrected chi connectivity index (χ4v) is 1.77. The van der Waals surface area contributed by atoms with E-state index in [0.29, 0.717) is 6.61 Å². The molecule has 4 nitrogen and oxygen atoms in total. The molecule has 15 heavy (non-hydrogen) atoms. The number of methoxy groups -OCH3 is 1. The van der Waals surface area contributed by atoms with Crippen LogP contribution < -0.4 is 0 Å². The summed E-state index contributed by atoms with van der Waals surface area (Å²) in [6.07, 6.45) is -0.226. The molecule has 0 N–H and O–H groups in total. The molecule has 4 heteroatoms. The number of nitrogens with zero attached hydrogens (tertiary/aromatic N) is 1. The zero-order valence-electron chi connectivity index (χ0n) is 10.3. The third kappa shape index (κ3) is 3.38. The van der Waals surface area contributed by atoms with Gasteiger partial charge in [-0.1, -0.05) is 6.92 Å². The van der Waals surface area contributed by atoms with Crippen LogP contribution in [0.2, 0.25) is 0 Å². The van der Waals surface area contributed by atoms with E-state index in [1.807, 2.05) is 20.8 Å². The summed E-state index contributed by atoms with van der Waals surface area (Å²) in [6, 6.07) is 0. The molecule has 0 radical (unpaired) electrons. The first kappa shape index (κ1) is 12.3. The molecule has 1 saturated heterocycles. The lowest BCUT2D eigenvalue weighted by atomic mass is 9.83. The topological polar surface area (TPSA) is 38.8 Å². The summed E-state index contributed by atoms with van der Waals surface area (Å²) >= 11 is 0. The summed E-state index contributed by atoms with van der Waals surface area (Å²) in [4.78, 5) is 13.3. The van der Waals surface area contributed by atoms with Gasteiger partial charge < -0.3 is 14.4 Å². The lowest BCUT2D eigenvalue weighted by molar-refractivity contribution is -0.0548. The van der Waals surface area contributed by atoms with Crippen molar-refractivity contribution in [3.05, 3.63) is 0 Å². The second-order valence-electron chi connectivity index (χ2n) is 5.58. The quantitative estimate of drug-likeness (QED) is 0.706. The number of likely N-dealkylation sites (tertiary alicyclic amines) is 1. The molecule has 88 valence electrons. The standard InChI is InChI=1S/C11H21NO3/c1-10(2,3)15-9(13)12-6-11(4,7-12)8-14-5/h6-8H2,1-5H3. The van der Waals surface area contributed by atoms with Gasteiger partial charge >= 0.3 is 6.09 Å². The third-order valence-electron chi connectivity index (χ3n) is 2.29. The van der Waals surface area contributed by atoms with Crippen molar-refractivity contribution in [3.63, 3.8) is 0 Å². The Kier molecular flexibility index (Phi) is 3.28. The minimum Gasteiger partial charge on any atom is -0.444 e. The van der Waals surface area contributed by atoms with Crippen LogP contribution in [-0.4, -0.2) is 43.4 Å². The van der Waals surface area contributed by atoms with Gasteiger partial charge in [0.05, 0.1) is 6.61 Å². The molecule has 1 heterocycles. The molecule has 1 fully saturated rings. The summed E-state index contributed by atoms with van der Waals surface area (Å²) in [5, 5.41) is 0. The highest BCUT2D eigenvalue weighted by Crippen LogP contribution is 2.31. The normalized spacial score (nSPS) is 19.7. The maximum Gasteiger partial charge on any atom is 0.410 e. The van der Waals surface area contributed by atoms with Crippen molar-refractivity contribution < 1.29 is 14.3 Å². The van der Waals surface area contributed by atoms with Gasteiger partial charge in [0.15, 0.2) is 0 Å². The van der Waals surface area contributed by atoms with Gasteiger partial charge in [0, 0.05) is 25.6 Å². The molecule has 1 rings (SSSR count). The van der Waals surface area contributed by atoms with Crippen LogP contribution in [0, 0.1) is 5.41 Å². The fraction of sp³-hybridized carbons (Fsp3) is 0.909. The Morgan fingerprint density at radius 2 is 1.93 bits per heavy atom. The average Bonchev–Trinajstić information content (AvgIpc) is 1.96. The Morgan fingerprint density at radius 1 is 1.40 bits per heavy atom. The van der Waals surface area contributed by atoms with Crippen LogP contribution in [0.25, 0.3) is 0 Å². The molecule has 0 unspecified atom stereocenters. The maximum atomic E-state index is 11.6. The van der Waals surface area contributed by atoms with Crippen molar-refractivity contribution in [2.45, 2.75) is 33.3 Å². The van der Waals surface area contributed by atoms with Crippen LogP contribution in [0.15, 0.2) is 0 Å². The van der Waals surface area contributed by atoms with Crippen molar-refractivity contribution in [2.75, 3.05) is 26.8 Å². The lowest BCUT2D eigenvalue weighted by Gasteiger charge is -2.47. The van der Waals surface area contributed by atoms with Gasteiger partial charge in [0.25, 0.3) is 0 Å². The number of carbonyl (C=O) groups is 1. The maximum absolute atomic E-state index is 11.6. The molecule has 0 aromatic carbocycles. The van der Waals surface area contributed by atoms with E-state index in [-0.39, 0.29) is 11.5 Å². The molecule has 0 saturated carbocycles. The van der Waals surface area contributed by atoms with Crippen LogP contribution in [0.4, 0.5) is 4.79 Å². The van der Waals surface area contributed by atoms with Crippen molar-refractivity contribution >= 4 is 6.09 Å². The minimum atomic E-state index is -0.412. The third-order valence-corrected chi connectivity index (χ3v) is 2.29. The van der Waals surface area contributed by atoms with Gasteiger partial charge in [-0.15, -0.1) is 0 Å². The Morgan fingerprint density at radius 3 is 2.33 bits per heavy atom. The van der Waals surface area contributed by atoms with Crippen LogP contribution in [0.1, 0.15) is 27.7 Å². The number of carbonyl (C=O) groups excluding carboxylic acids is 1. The predicted molar refractivity (Wildman–Crippen MR) is 57.8 cm³/mol. The van der Waals surface area contributed by atoms with E-state index in [2.05, 4.69) is 6.92 Å². The molecular weight excluding hydrogens is 194 g/mol. The first-order chi connectivity index (χ1) is 6.76. The molecule has 0 bridgehead atoms. The van der Waals surface area contributed by atoms with E-state index >= 15 is 0 Å². The molecule has 1 aliphatic rings. The fourth-order valence-electron chi connectivity index (χ4n) is 1.77. The predicted octanol–water partition coefficient (Wildman–Crippen LogP) is 1.89. The van der Waals surface area contributed by atoms with E-state index in [0.717, 1.165) is 13.1 Å². The van der Waals surface area contributed by atoms with Gasteiger partial charge in [-0.3, -0.25) is 0 Å². The first-order valence-electron chi connectivity index (χ1n) is 5.23. The highest BCUT2D eigenvalue weighted by atomic mass is 16.6. The number of hydrogen-bond donors (Lipinski definition) is 0. The highest BCUT2D eigenvalue weighted by molar-refractivity contribution is 5.69. The second kappa shape index (κ2) is 4.00. The summed E-state index contributed by atoms with van der Waals surface area (Å²) in [6.45, 7) is 9.85. The lowest BCUT2D eigenvalue weighted by Crippen LogP contribution is -2.59. The number of rotatable bonds is 2. The molecule has 0 aromatic heterocycles. The monoisotopic (exact) mass is 215 g/mol. The zero-order valence-corrected chi connectivity index (χ0v) is 10.3. The molecule has 1 aliphatic heterocycles. The summed E-state index contributed by atoms with van der Waals surface area (Å²) < 4.78 is 10.4. The largest absolute Gasteiger partial charge is 0.444 e. The SMILES string of the molecule is COCC1(C)CN(C(=O)OC(C)(C)C)C1. The van der Waals surface area contributed by atoms with Gasteiger partial charge in [0.1, 0.15) is 5.60 Å². The van der Waals surface area contributed by atoms with E-state index < -0.39 is 5.60 Å². The Bertz CT molecular complexity index is 239. The summed E-state index contributed by atoms with van der Waals surface area (Å²) in [7, 11) is 1.68. The molecule has 0 atom stereocenters. The zero-order chi connectivity index (χ0) is 11.7. The Balaban J connectivity index is 2.35. The van der Waals surface area contributed by atoms with E-state index in [4.69, 9.17) is 9.47 Å². The van der Waals surface area contributed by atoms with Gasteiger partial charge in [-0.2, -0.15) is 0 Å². The molecular formula is C11H21NO3. The number of hydrogen-bond acceptors (Lipinski definition) is 3.